The maximum Gasteiger partial charge on any atom is 0.179 e. The Morgan fingerprint density at radius 1 is 1.31 bits per heavy atom. The molecule has 1 aliphatic rings. The Morgan fingerprint density at radius 2 is 2.15 bits per heavy atom. The van der Waals surface area contributed by atoms with Gasteiger partial charge in [-0.25, -0.2) is 0 Å². The molecule has 0 amide bonds. The molecule has 0 radical (unpaired) electrons. The summed E-state index contributed by atoms with van der Waals surface area (Å²) in [6.45, 7) is 2.07. The summed E-state index contributed by atoms with van der Waals surface area (Å²) in [5.41, 5.74) is 3.74. The van der Waals surface area contributed by atoms with Crippen molar-refractivity contribution in [2.45, 2.75) is 19.8 Å². The van der Waals surface area contributed by atoms with Crippen LogP contribution in [-0.4, -0.2) is 0 Å². The lowest BCUT2D eigenvalue weighted by atomic mass is 9.94. The van der Waals surface area contributed by atoms with E-state index in [0.29, 0.717) is 0 Å². The first kappa shape index (κ1) is 8.24. The molecule has 0 saturated carbocycles. The van der Waals surface area contributed by atoms with Crippen molar-refractivity contribution in [3.63, 3.8) is 0 Å². The lowest BCUT2D eigenvalue weighted by Gasteiger charge is -2.11. The normalized spacial score (nSPS) is 14.7. The Hall–Kier alpha value is -1.37. The third kappa shape index (κ3) is 1.55. The molecular formula is C12H12O. The molecule has 0 aliphatic heterocycles. The van der Waals surface area contributed by atoms with Crippen molar-refractivity contribution in [2.75, 3.05) is 0 Å². The van der Waals surface area contributed by atoms with Crippen molar-refractivity contribution in [3.05, 3.63) is 51.7 Å². The minimum Gasteiger partial charge on any atom is -0.290 e. The molecule has 1 aromatic rings. The summed E-state index contributed by atoms with van der Waals surface area (Å²) in [6.07, 6.45) is 4.35. The Morgan fingerprint density at radius 3 is 3.00 bits per heavy atom. The zero-order valence-corrected chi connectivity index (χ0v) is 7.71. The van der Waals surface area contributed by atoms with Crippen LogP contribution < -0.4 is 5.43 Å². The molecule has 0 atom stereocenters. The fourth-order valence-corrected chi connectivity index (χ4v) is 1.77. The maximum atomic E-state index is 11.3. The number of hydrogen-bond acceptors (Lipinski definition) is 1. The van der Waals surface area contributed by atoms with E-state index < -0.39 is 0 Å². The average Bonchev–Trinajstić information content (AvgIpc) is 2.28. The molecule has 13 heavy (non-hydrogen) atoms. The van der Waals surface area contributed by atoms with Gasteiger partial charge in [-0.1, -0.05) is 18.2 Å². The van der Waals surface area contributed by atoms with Gasteiger partial charge >= 0.3 is 0 Å². The van der Waals surface area contributed by atoms with Gasteiger partial charge in [0, 0.05) is 0 Å². The highest BCUT2D eigenvalue weighted by Gasteiger charge is 2.07. The first-order valence-corrected chi connectivity index (χ1v) is 4.58. The number of allylic oxidation sites excluding steroid dienone is 2. The van der Waals surface area contributed by atoms with E-state index in [2.05, 4.69) is 13.0 Å². The van der Waals surface area contributed by atoms with Crippen LogP contribution in [-0.2, 0) is 6.42 Å². The van der Waals surface area contributed by atoms with E-state index in [4.69, 9.17) is 0 Å². The van der Waals surface area contributed by atoms with Gasteiger partial charge in [-0.3, -0.25) is 4.79 Å². The summed E-state index contributed by atoms with van der Waals surface area (Å²) in [5.74, 6) is 0. The molecule has 66 valence electrons. The summed E-state index contributed by atoms with van der Waals surface area (Å²) in [6, 6.07) is 7.25. The molecule has 2 rings (SSSR count). The smallest absolute Gasteiger partial charge is 0.179 e. The third-order valence-corrected chi connectivity index (χ3v) is 2.48. The van der Waals surface area contributed by atoms with Gasteiger partial charge in [0.15, 0.2) is 5.43 Å². The number of fused-ring (bicyclic) bond motifs is 1. The molecule has 0 heterocycles. The van der Waals surface area contributed by atoms with Crippen LogP contribution in [0.15, 0.2) is 35.1 Å². The minimum atomic E-state index is 0.0934. The van der Waals surface area contributed by atoms with E-state index in [0.717, 1.165) is 18.4 Å². The van der Waals surface area contributed by atoms with Gasteiger partial charge < -0.3 is 0 Å². The maximum absolute atomic E-state index is 11.3. The number of hydrogen-bond donors (Lipinski definition) is 0. The van der Waals surface area contributed by atoms with Crippen LogP contribution >= 0.6 is 0 Å². The predicted octanol–water partition coefficient (Wildman–Crippen LogP) is 2.40. The Labute approximate surface area is 77.7 Å². The second kappa shape index (κ2) is 3.17. The van der Waals surface area contributed by atoms with E-state index >= 15 is 0 Å². The van der Waals surface area contributed by atoms with Crippen molar-refractivity contribution < 1.29 is 0 Å². The van der Waals surface area contributed by atoms with Crippen molar-refractivity contribution in [1.29, 1.82) is 0 Å². The molecule has 1 nitrogen and oxygen atoms in total. The number of rotatable bonds is 0. The van der Waals surface area contributed by atoms with Crippen molar-refractivity contribution in [1.82, 2.24) is 0 Å². The summed E-state index contributed by atoms with van der Waals surface area (Å²) in [4.78, 5) is 11.3. The highest BCUT2D eigenvalue weighted by molar-refractivity contribution is 5.67. The van der Waals surface area contributed by atoms with Crippen LogP contribution in [0.25, 0.3) is 5.57 Å². The fraction of sp³-hybridized carbons (Fsp3) is 0.250. The van der Waals surface area contributed by atoms with Gasteiger partial charge in [-0.2, -0.15) is 0 Å². The first-order valence-electron chi connectivity index (χ1n) is 4.58. The zero-order valence-electron chi connectivity index (χ0n) is 7.71. The summed E-state index contributed by atoms with van der Waals surface area (Å²) in [7, 11) is 0. The Kier molecular flexibility index (Phi) is 2.01. The van der Waals surface area contributed by atoms with Crippen LogP contribution in [0.3, 0.4) is 0 Å². The second-order valence-electron chi connectivity index (χ2n) is 3.44. The van der Waals surface area contributed by atoms with Gasteiger partial charge in [-0.05, 0) is 48.6 Å². The standard InChI is InChI=1S/C12H12O/c1-9-4-2-5-10-6-3-7-11(13)8-12(9)10/h3-4,6-8H,2,5H2,1H3. The summed E-state index contributed by atoms with van der Waals surface area (Å²) in [5, 5.41) is 0. The van der Waals surface area contributed by atoms with Crippen LogP contribution in [0.1, 0.15) is 24.5 Å². The monoisotopic (exact) mass is 172 g/mol. The van der Waals surface area contributed by atoms with E-state index in [1.165, 1.54) is 11.1 Å². The molecular weight excluding hydrogens is 160 g/mol. The summed E-state index contributed by atoms with van der Waals surface area (Å²) < 4.78 is 0. The quantitative estimate of drug-likeness (QED) is 0.587. The van der Waals surface area contributed by atoms with Crippen LogP contribution in [0.5, 0.6) is 0 Å². The highest BCUT2D eigenvalue weighted by atomic mass is 16.1. The molecule has 0 N–H and O–H groups in total. The van der Waals surface area contributed by atoms with Gasteiger partial charge in [0.05, 0.1) is 0 Å². The van der Waals surface area contributed by atoms with Gasteiger partial charge in [0.25, 0.3) is 0 Å². The topological polar surface area (TPSA) is 17.1 Å². The molecule has 1 aromatic carbocycles. The minimum absolute atomic E-state index is 0.0934. The van der Waals surface area contributed by atoms with E-state index in [1.54, 1.807) is 12.1 Å². The molecule has 1 heteroatoms. The van der Waals surface area contributed by atoms with Crippen LogP contribution in [0.2, 0.25) is 0 Å². The highest BCUT2D eigenvalue weighted by Crippen LogP contribution is 2.23. The average molecular weight is 172 g/mol. The van der Waals surface area contributed by atoms with Crippen LogP contribution in [0.4, 0.5) is 0 Å². The second-order valence-corrected chi connectivity index (χ2v) is 3.44. The molecule has 1 aliphatic carbocycles. The largest absolute Gasteiger partial charge is 0.290 e. The van der Waals surface area contributed by atoms with Crippen LogP contribution in [0, 0.1) is 0 Å². The Balaban J connectivity index is 2.72. The zero-order chi connectivity index (χ0) is 9.26. The van der Waals surface area contributed by atoms with E-state index in [-0.39, 0.29) is 5.43 Å². The third-order valence-electron chi connectivity index (χ3n) is 2.48. The van der Waals surface area contributed by atoms with Gasteiger partial charge in [-0.15, -0.1) is 0 Å². The van der Waals surface area contributed by atoms with Gasteiger partial charge in [0.2, 0.25) is 0 Å². The molecule has 0 saturated heterocycles. The SMILES string of the molecule is CC1=CCCc2cccc(=O)cc21. The molecule has 0 fully saturated rings. The van der Waals surface area contributed by atoms with Crippen molar-refractivity contribution >= 4 is 5.57 Å². The molecule has 0 bridgehead atoms. The van der Waals surface area contributed by atoms with E-state index in [9.17, 15) is 4.79 Å². The summed E-state index contributed by atoms with van der Waals surface area (Å²) >= 11 is 0. The fourth-order valence-electron chi connectivity index (χ4n) is 1.77. The lowest BCUT2D eigenvalue weighted by Crippen LogP contribution is -1.98. The Bertz CT molecular complexity index is 416. The number of aryl methyl sites for hydroxylation is 1. The predicted molar refractivity (Wildman–Crippen MR) is 54.7 cm³/mol. The van der Waals surface area contributed by atoms with E-state index in [1.807, 2.05) is 12.1 Å². The van der Waals surface area contributed by atoms with Crippen molar-refractivity contribution in [3.8, 4) is 0 Å². The first-order chi connectivity index (χ1) is 6.27. The van der Waals surface area contributed by atoms with Crippen molar-refractivity contribution in [2.24, 2.45) is 0 Å². The molecule has 0 spiro atoms. The molecule has 0 unspecified atom stereocenters. The molecule has 0 aromatic heterocycles. The lowest BCUT2D eigenvalue weighted by molar-refractivity contribution is 0.978. The van der Waals surface area contributed by atoms with Gasteiger partial charge in [0.1, 0.15) is 0 Å².